The average molecular weight is 291 g/mol. The van der Waals surface area contributed by atoms with Gasteiger partial charge in [0.1, 0.15) is 0 Å². The van der Waals surface area contributed by atoms with Crippen LogP contribution in [0.25, 0.3) is 0 Å². The second kappa shape index (κ2) is 7.04. The van der Waals surface area contributed by atoms with Crippen molar-refractivity contribution in [2.45, 2.75) is 57.7 Å². The van der Waals surface area contributed by atoms with Crippen molar-refractivity contribution in [3.05, 3.63) is 0 Å². The second-order valence-electron chi connectivity index (χ2n) is 6.40. The van der Waals surface area contributed by atoms with E-state index in [9.17, 15) is 8.42 Å². The lowest BCUT2D eigenvalue weighted by Crippen LogP contribution is -2.44. The van der Waals surface area contributed by atoms with Crippen LogP contribution in [0.1, 0.15) is 47.0 Å². The maximum absolute atomic E-state index is 12.2. The quantitative estimate of drug-likeness (QED) is 0.813. The third-order valence-corrected chi connectivity index (χ3v) is 6.46. The first kappa shape index (κ1) is 16.9. The topological polar surface area (TPSA) is 55.4 Å². The SMILES string of the molecule is CCCNC1CCOCC1CCS(=O)(=O)C(C)(C)C. The van der Waals surface area contributed by atoms with Crippen LogP contribution in [-0.4, -0.2) is 44.7 Å². The minimum absolute atomic E-state index is 0.259. The third kappa shape index (κ3) is 5.04. The van der Waals surface area contributed by atoms with E-state index in [4.69, 9.17) is 4.74 Å². The molecule has 2 atom stereocenters. The lowest BCUT2D eigenvalue weighted by atomic mass is 9.93. The molecule has 1 fully saturated rings. The molecule has 5 heteroatoms. The average Bonchev–Trinajstić information content (AvgIpc) is 2.33. The molecule has 1 saturated heterocycles. The zero-order valence-electron chi connectivity index (χ0n) is 12.7. The molecule has 1 N–H and O–H groups in total. The number of sulfone groups is 1. The summed E-state index contributed by atoms with van der Waals surface area (Å²) in [5.74, 6) is 0.576. The molecule has 19 heavy (non-hydrogen) atoms. The highest BCUT2D eigenvalue weighted by Gasteiger charge is 2.32. The van der Waals surface area contributed by atoms with Gasteiger partial charge in [0, 0.05) is 12.6 Å². The van der Waals surface area contributed by atoms with E-state index in [1.54, 1.807) is 20.8 Å². The lowest BCUT2D eigenvalue weighted by Gasteiger charge is -2.33. The highest BCUT2D eigenvalue weighted by atomic mass is 32.2. The van der Waals surface area contributed by atoms with Crippen molar-refractivity contribution in [3.63, 3.8) is 0 Å². The number of hydrogen-bond acceptors (Lipinski definition) is 4. The fourth-order valence-corrected chi connectivity index (χ4v) is 3.52. The molecule has 0 bridgehead atoms. The van der Waals surface area contributed by atoms with Crippen LogP contribution in [0.4, 0.5) is 0 Å². The van der Waals surface area contributed by atoms with Crippen LogP contribution in [0, 0.1) is 5.92 Å². The summed E-state index contributed by atoms with van der Waals surface area (Å²) >= 11 is 0. The molecule has 0 aromatic carbocycles. The van der Waals surface area contributed by atoms with E-state index in [0.717, 1.165) is 26.0 Å². The van der Waals surface area contributed by atoms with Gasteiger partial charge in [0.25, 0.3) is 0 Å². The fourth-order valence-electron chi connectivity index (χ4n) is 2.29. The molecule has 2 unspecified atom stereocenters. The van der Waals surface area contributed by atoms with E-state index in [1.807, 2.05) is 0 Å². The minimum Gasteiger partial charge on any atom is -0.381 e. The highest BCUT2D eigenvalue weighted by Crippen LogP contribution is 2.23. The van der Waals surface area contributed by atoms with Crippen molar-refractivity contribution in [1.82, 2.24) is 5.32 Å². The van der Waals surface area contributed by atoms with E-state index < -0.39 is 14.6 Å². The molecular weight excluding hydrogens is 262 g/mol. The van der Waals surface area contributed by atoms with Gasteiger partial charge in [0.2, 0.25) is 0 Å². The first-order chi connectivity index (χ1) is 8.78. The van der Waals surface area contributed by atoms with Crippen LogP contribution < -0.4 is 5.32 Å². The first-order valence-electron chi connectivity index (χ1n) is 7.31. The molecule has 0 saturated carbocycles. The predicted octanol–water partition coefficient (Wildman–Crippen LogP) is 1.99. The van der Waals surface area contributed by atoms with E-state index in [-0.39, 0.29) is 5.75 Å². The summed E-state index contributed by atoms with van der Waals surface area (Å²) in [5.41, 5.74) is 0. The molecule has 0 amide bonds. The number of hydrogen-bond donors (Lipinski definition) is 1. The normalized spacial score (nSPS) is 25.5. The van der Waals surface area contributed by atoms with Gasteiger partial charge in [-0.1, -0.05) is 6.92 Å². The monoisotopic (exact) mass is 291 g/mol. The Balaban J connectivity index is 2.54. The summed E-state index contributed by atoms with van der Waals surface area (Å²) in [4.78, 5) is 0. The van der Waals surface area contributed by atoms with Crippen LogP contribution in [0.5, 0.6) is 0 Å². The Morgan fingerprint density at radius 3 is 2.58 bits per heavy atom. The molecule has 1 aliphatic rings. The zero-order chi connectivity index (χ0) is 14.5. The first-order valence-corrected chi connectivity index (χ1v) is 8.96. The minimum atomic E-state index is -3.02. The van der Waals surface area contributed by atoms with Gasteiger partial charge in [0.05, 0.1) is 17.1 Å². The molecule has 1 aliphatic heterocycles. The number of nitrogens with one attached hydrogen (secondary N) is 1. The van der Waals surface area contributed by atoms with Crippen molar-refractivity contribution in [1.29, 1.82) is 0 Å². The van der Waals surface area contributed by atoms with Crippen molar-refractivity contribution < 1.29 is 13.2 Å². The lowest BCUT2D eigenvalue weighted by molar-refractivity contribution is 0.0310. The Labute approximate surface area is 118 Å². The molecule has 1 heterocycles. The maximum atomic E-state index is 12.2. The van der Waals surface area contributed by atoms with E-state index in [1.165, 1.54) is 0 Å². The van der Waals surface area contributed by atoms with Crippen LogP contribution in [0.2, 0.25) is 0 Å². The summed E-state index contributed by atoms with van der Waals surface area (Å²) in [5, 5.41) is 3.52. The highest BCUT2D eigenvalue weighted by molar-refractivity contribution is 7.92. The largest absolute Gasteiger partial charge is 0.381 e. The summed E-state index contributed by atoms with van der Waals surface area (Å²) in [7, 11) is -3.02. The van der Waals surface area contributed by atoms with Gasteiger partial charge in [-0.25, -0.2) is 8.42 Å². The molecule has 0 aromatic heterocycles. The molecular formula is C14H29NO3S. The van der Waals surface area contributed by atoms with Crippen molar-refractivity contribution in [2.24, 2.45) is 5.92 Å². The van der Waals surface area contributed by atoms with Gasteiger partial charge in [0.15, 0.2) is 9.84 Å². The molecule has 1 rings (SSSR count). The summed E-state index contributed by atoms with van der Waals surface area (Å²) < 4.78 is 29.2. The van der Waals surface area contributed by atoms with Crippen molar-refractivity contribution in [2.75, 3.05) is 25.5 Å². The van der Waals surface area contributed by atoms with E-state index in [2.05, 4.69) is 12.2 Å². The third-order valence-electron chi connectivity index (χ3n) is 3.82. The molecule has 0 radical (unpaired) electrons. The van der Waals surface area contributed by atoms with Crippen LogP contribution in [-0.2, 0) is 14.6 Å². The molecule has 0 aromatic rings. The van der Waals surface area contributed by atoms with E-state index >= 15 is 0 Å². The summed E-state index contributed by atoms with van der Waals surface area (Å²) in [6.45, 7) is 9.91. The Kier molecular flexibility index (Phi) is 6.27. The molecule has 0 aliphatic carbocycles. The van der Waals surface area contributed by atoms with Gasteiger partial charge >= 0.3 is 0 Å². The predicted molar refractivity (Wildman–Crippen MR) is 79.2 cm³/mol. The fraction of sp³-hybridized carbons (Fsp3) is 1.00. The Morgan fingerprint density at radius 2 is 2.00 bits per heavy atom. The number of rotatable bonds is 6. The Bertz CT molecular complexity index is 359. The van der Waals surface area contributed by atoms with Crippen LogP contribution in [0.15, 0.2) is 0 Å². The molecule has 4 nitrogen and oxygen atoms in total. The maximum Gasteiger partial charge on any atom is 0.155 e. The van der Waals surface area contributed by atoms with Gasteiger partial charge in [-0.3, -0.25) is 0 Å². The van der Waals surface area contributed by atoms with Crippen LogP contribution >= 0.6 is 0 Å². The standard InChI is InChI=1S/C14H29NO3S/c1-5-8-15-13-6-9-18-11-12(13)7-10-19(16,17)14(2,3)4/h12-13,15H,5-11H2,1-4H3. The summed E-state index contributed by atoms with van der Waals surface area (Å²) in [6.07, 6.45) is 2.78. The van der Waals surface area contributed by atoms with Gasteiger partial charge in [-0.15, -0.1) is 0 Å². The number of ether oxygens (including phenoxy) is 1. The van der Waals surface area contributed by atoms with Crippen molar-refractivity contribution >= 4 is 9.84 Å². The van der Waals surface area contributed by atoms with E-state index in [0.29, 0.717) is 25.0 Å². The second-order valence-corrected chi connectivity index (χ2v) is 9.27. The Hall–Kier alpha value is -0.130. The van der Waals surface area contributed by atoms with Crippen molar-refractivity contribution in [3.8, 4) is 0 Å². The van der Waals surface area contributed by atoms with Gasteiger partial charge in [-0.05, 0) is 52.5 Å². The van der Waals surface area contributed by atoms with Crippen LogP contribution in [0.3, 0.4) is 0 Å². The summed E-state index contributed by atoms with van der Waals surface area (Å²) in [6, 6.07) is 0.406. The Morgan fingerprint density at radius 1 is 1.32 bits per heavy atom. The molecule has 0 spiro atoms. The molecule has 114 valence electrons. The smallest absolute Gasteiger partial charge is 0.155 e. The zero-order valence-corrected chi connectivity index (χ0v) is 13.6. The van der Waals surface area contributed by atoms with Gasteiger partial charge in [-0.2, -0.15) is 0 Å². The van der Waals surface area contributed by atoms with Gasteiger partial charge < -0.3 is 10.1 Å².